The molecule has 2 heterocycles. The van der Waals surface area contributed by atoms with E-state index in [9.17, 15) is 4.79 Å². The minimum absolute atomic E-state index is 0.0455. The molecule has 0 unspecified atom stereocenters. The lowest BCUT2D eigenvalue weighted by Crippen LogP contribution is -2.35. The van der Waals surface area contributed by atoms with E-state index in [1.165, 1.54) is 0 Å². The van der Waals surface area contributed by atoms with Crippen molar-refractivity contribution in [1.82, 2.24) is 10.3 Å². The van der Waals surface area contributed by atoms with Gasteiger partial charge in [0.15, 0.2) is 0 Å². The summed E-state index contributed by atoms with van der Waals surface area (Å²) in [6.45, 7) is 2.93. The monoisotopic (exact) mass is 287 g/mol. The van der Waals surface area contributed by atoms with Crippen LogP contribution in [0.4, 0.5) is 5.69 Å². The van der Waals surface area contributed by atoms with Gasteiger partial charge in [0, 0.05) is 16.6 Å². The Balaban J connectivity index is 1.68. The number of benzene rings is 1. The molecule has 1 fully saturated rings. The number of carbonyl (C=O) groups is 1. The average Bonchev–Trinajstić information content (AvgIpc) is 3.10. The average molecular weight is 287 g/mol. The van der Waals surface area contributed by atoms with Crippen LogP contribution in [0.25, 0.3) is 11.3 Å². The van der Waals surface area contributed by atoms with Gasteiger partial charge in [0.2, 0.25) is 5.91 Å². The van der Waals surface area contributed by atoms with Gasteiger partial charge in [-0.2, -0.15) is 0 Å². The lowest BCUT2D eigenvalue weighted by Gasteiger charge is -2.11. The van der Waals surface area contributed by atoms with Crippen molar-refractivity contribution in [2.75, 3.05) is 11.9 Å². The molecule has 1 aliphatic heterocycles. The summed E-state index contributed by atoms with van der Waals surface area (Å²) in [4.78, 5) is 16.4. The van der Waals surface area contributed by atoms with Crippen LogP contribution in [0.15, 0.2) is 29.6 Å². The van der Waals surface area contributed by atoms with Crippen LogP contribution in [0.2, 0.25) is 0 Å². The molecule has 1 saturated heterocycles. The molecule has 1 aromatic heterocycles. The summed E-state index contributed by atoms with van der Waals surface area (Å²) in [5.41, 5.74) is 2.90. The predicted molar refractivity (Wildman–Crippen MR) is 81.9 cm³/mol. The molecule has 104 valence electrons. The maximum Gasteiger partial charge on any atom is 0.241 e. The second-order valence-corrected chi connectivity index (χ2v) is 6.03. The van der Waals surface area contributed by atoms with Crippen molar-refractivity contribution < 1.29 is 4.79 Å². The fraction of sp³-hybridized carbons (Fsp3) is 0.333. The van der Waals surface area contributed by atoms with Gasteiger partial charge in [-0.1, -0.05) is 12.1 Å². The van der Waals surface area contributed by atoms with Crippen LogP contribution in [0.3, 0.4) is 0 Å². The third-order valence-electron chi connectivity index (χ3n) is 3.44. The van der Waals surface area contributed by atoms with Crippen LogP contribution in [-0.2, 0) is 4.79 Å². The molecule has 5 heteroatoms. The van der Waals surface area contributed by atoms with Crippen LogP contribution in [0.5, 0.6) is 0 Å². The number of hydrogen-bond donors (Lipinski definition) is 2. The first kappa shape index (κ1) is 13.3. The van der Waals surface area contributed by atoms with E-state index in [4.69, 9.17) is 0 Å². The van der Waals surface area contributed by atoms with Crippen LogP contribution < -0.4 is 10.6 Å². The molecule has 0 radical (unpaired) electrons. The maximum absolute atomic E-state index is 12.0. The summed E-state index contributed by atoms with van der Waals surface area (Å²) < 4.78 is 0. The number of carbonyl (C=O) groups excluding carboxylic acids is 1. The normalized spacial score (nSPS) is 18.1. The number of thiazole rings is 1. The molecule has 4 nitrogen and oxygen atoms in total. The zero-order valence-corrected chi connectivity index (χ0v) is 12.2. The Morgan fingerprint density at radius 1 is 1.40 bits per heavy atom. The van der Waals surface area contributed by atoms with Crippen LogP contribution in [0.1, 0.15) is 17.8 Å². The molecular weight excluding hydrogens is 270 g/mol. The zero-order valence-electron chi connectivity index (χ0n) is 11.3. The van der Waals surface area contributed by atoms with Crippen LogP contribution in [-0.4, -0.2) is 23.5 Å². The Kier molecular flexibility index (Phi) is 3.80. The molecule has 1 atom stereocenters. The third-order valence-corrected chi connectivity index (χ3v) is 4.22. The predicted octanol–water partition coefficient (Wildman–Crippen LogP) is 2.81. The van der Waals surface area contributed by atoms with Gasteiger partial charge in [-0.15, -0.1) is 11.3 Å². The second kappa shape index (κ2) is 5.73. The number of aryl methyl sites for hydroxylation is 1. The van der Waals surface area contributed by atoms with Crippen LogP contribution >= 0.6 is 11.3 Å². The van der Waals surface area contributed by atoms with Gasteiger partial charge in [-0.3, -0.25) is 4.79 Å². The fourth-order valence-corrected chi connectivity index (χ4v) is 2.98. The molecule has 1 aliphatic rings. The Morgan fingerprint density at radius 2 is 2.20 bits per heavy atom. The molecule has 0 spiro atoms. The topological polar surface area (TPSA) is 54.0 Å². The summed E-state index contributed by atoms with van der Waals surface area (Å²) in [6.07, 6.45) is 1.99. The Bertz CT molecular complexity index is 600. The summed E-state index contributed by atoms with van der Waals surface area (Å²) >= 11 is 1.64. The van der Waals surface area contributed by atoms with Crippen molar-refractivity contribution in [3.63, 3.8) is 0 Å². The van der Waals surface area contributed by atoms with Crippen molar-refractivity contribution in [2.24, 2.45) is 0 Å². The largest absolute Gasteiger partial charge is 0.325 e. The van der Waals surface area contributed by atoms with Crippen molar-refractivity contribution in [1.29, 1.82) is 0 Å². The van der Waals surface area contributed by atoms with E-state index >= 15 is 0 Å². The molecular formula is C15H17N3OS. The molecule has 0 aliphatic carbocycles. The van der Waals surface area contributed by atoms with E-state index in [2.05, 4.69) is 15.6 Å². The van der Waals surface area contributed by atoms with Crippen LogP contribution in [0, 0.1) is 6.92 Å². The number of amides is 1. The highest BCUT2D eigenvalue weighted by atomic mass is 32.1. The van der Waals surface area contributed by atoms with Gasteiger partial charge < -0.3 is 10.6 Å². The summed E-state index contributed by atoms with van der Waals surface area (Å²) in [6, 6.07) is 7.79. The van der Waals surface area contributed by atoms with Crippen molar-refractivity contribution in [2.45, 2.75) is 25.8 Å². The molecule has 2 aromatic rings. The van der Waals surface area contributed by atoms with Gasteiger partial charge in [-0.05, 0) is 38.4 Å². The third kappa shape index (κ3) is 2.89. The first-order chi connectivity index (χ1) is 9.72. The van der Waals surface area contributed by atoms with E-state index in [1.807, 2.05) is 36.6 Å². The lowest BCUT2D eigenvalue weighted by atomic mass is 10.1. The van der Waals surface area contributed by atoms with E-state index in [1.54, 1.807) is 11.3 Å². The Hall–Kier alpha value is -1.72. The van der Waals surface area contributed by atoms with E-state index in [-0.39, 0.29) is 11.9 Å². The molecule has 1 aromatic carbocycles. The molecule has 20 heavy (non-hydrogen) atoms. The van der Waals surface area contributed by atoms with Gasteiger partial charge in [0.05, 0.1) is 16.7 Å². The first-order valence-corrected chi connectivity index (χ1v) is 7.67. The molecule has 2 N–H and O–H groups in total. The highest BCUT2D eigenvalue weighted by molar-refractivity contribution is 7.09. The van der Waals surface area contributed by atoms with Gasteiger partial charge >= 0.3 is 0 Å². The van der Waals surface area contributed by atoms with E-state index in [0.29, 0.717) is 0 Å². The van der Waals surface area contributed by atoms with Gasteiger partial charge in [0.25, 0.3) is 0 Å². The lowest BCUT2D eigenvalue weighted by molar-refractivity contribution is -0.117. The highest BCUT2D eigenvalue weighted by Crippen LogP contribution is 2.23. The minimum Gasteiger partial charge on any atom is -0.325 e. The number of nitrogens with zero attached hydrogens (tertiary/aromatic N) is 1. The first-order valence-electron chi connectivity index (χ1n) is 6.79. The fourth-order valence-electron chi connectivity index (χ4n) is 2.36. The molecule has 0 bridgehead atoms. The Labute approximate surface area is 122 Å². The number of anilines is 1. The minimum atomic E-state index is -0.0455. The van der Waals surface area contributed by atoms with Crippen molar-refractivity contribution in [3.8, 4) is 11.3 Å². The summed E-state index contributed by atoms with van der Waals surface area (Å²) in [5.74, 6) is 0.0553. The standard InChI is InChI=1S/C15H17N3OS/c1-10-17-14(9-20-10)11-4-6-12(7-5-11)18-15(19)13-3-2-8-16-13/h4-7,9,13,16H,2-3,8H2,1H3,(H,18,19)/t13-/m0/s1. The highest BCUT2D eigenvalue weighted by Gasteiger charge is 2.21. The molecule has 0 saturated carbocycles. The smallest absolute Gasteiger partial charge is 0.241 e. The van der Waals surface area contributed by atoms with E-state index < -0.39 is 0 Å². The molecule has 1 amide bonds. The number of aromatic nitrogens is 1. The second-order valence-electron chi connectivity index (χ2n) is 4.97. The zero-order chi connectivity index (χ0) is 13.9. The number of hydrogen-bond acceptors (Lipinski definition) is 4. The van der Waals surface area contributed by atoms with Crippen molar-refractivity contribution >= 4 is 22.9 Å². The maximum atomic E-state index is 12.0. The number of rotatable bonds is 3. The van der Waals surface area contributed by atoms with Gasteiger partial charge in [-0.25, -0.2) is 4.98 Å². The van der Waals surface area contributed by atoms with E-state index in [0.717, 1.165) is 41.3 Å². The summed E-state index contributed by atoms with van der Waals surface area (Å²) in [5, 5.41) is 9.25. The summed E-state index contributed by atoms with van der Waals surface area (Å²) in [7, 11) is 0. The molecule has 3 rings (SSSR count). The quantitative estimate of drug-likeness (QED) is 0.912. The van der Waals surface area contributed by atoms with Gasteiger partial charge in [0.1, 0.15) is 0 Å². The SMILES string of the molecule is Cc1nc(-c2ccc(NC(=O)[C@@H]3CCCN3)cc2)cs1. The van der Waals surface area contributed by atoms with Crippen molar-refractivity contribution in [3.05, 3.63) is 34.7 Å². The number of nitrogens with one attached hydrogen (secondary N) is 2. The Morgan fingerprint density at radius 3 is 2.80 bits per heavy atom.